The fraction of sp³-hybridized carbons (Fsp3) is 0.364. The summed E-state index contributed by atoms with van der Waals surface area (Å²) in [7, 11) is -3.64. The number of para-hydroxylation sites is 1. The number of benzene rings is 2. The average Bonchev–Trinajstić information content (AvgIpc) is 3.19. The molecule has 2 amide bonds. The molecular formula is C22H25N3O5S. The van der Waals surface area contributed by atoms with Crippen molar-refractivity contribution in [1.82, 2.24) is 9.62 Å². The van der Waals surface area contributed by atoms with Crippen molar-refractivity contribution in [3.63, 3.8) is 0 Å². The molecule has 2 aromatic rings. The van der Waals surface area contributed by atoms with E-state index in [0.29, 0.717) is 50.5 Å². The summed E-state index contributed by atoms with van der Waals surface area (Å²) >= 11 is 0. The quantitative estimate of drug-likeness (QED) is 0.754. The van der Waals surface area contributed by atoms with Gasteiger partial charge in [-0.15, -0.1) is 0 Å². The van der Waals surface area contributed by atoms with Crippen LogP contribution >= 0.6 is 0 Å². The zero-order valence-electron chi connectivity index (χ0n) is 17.3. The number of fused-ring (bicyclic) bond motifs is 1. The number of carbonyl (C=O) groups is 2. The van der Waals surface area contributed by atoms with Gasteiger partial charge in [-0.1, -0.05) is 18.2 Å². The third-order valence-electron chi connectivity index (χ3n) is 5.56. The van der Waals surface area contributed by atoms with Gasteiger partial charge in [0.25, 0.3) is 5.91 Å². The number of morpholine rings is 1. The van der Waals surface area contributed by atoms with Crippen molar-refractivity contribution in [3.8, 4) is 0 Å². The van der Waals surface area contributed by atoms with E-state index in [1.807, 2.05) is 31.2 Å². The lowest BCUT2D eigenvalue weighted by Gasteiger charge is -2.26. The third-order valence-corrected chi connectivity index (χ3v) is 7.47. The van der Waals surface area contributed by atoms with Gasteiger partial charge in [0.1, 0.15) is 6.04 Å². The summed E-state index contributed by atoms with van der Waals surface area (Å²) in [4.78, 5) is 27.6. The first kappa shape index (κ1) is 21.5. The van der Waals surface area contributed by atoms with Crippen LogP contribution in [0.15, 0.2) is 53.4 Å². The van der Waals surface area contributed by atoms with Crippen LogP contribution in [0, 0.1) is 0 Å². The van der Waals surface area contributed by atoms with E-state index in [2.05, 4.69) is 5.32 Å². The van der Waals surface area contributed by atoms with Crippen LogP contribution < -0.4 is 10.2 Å². The molecule has 1 N–H and O–H groups in total. The van der Waals surface area contributed by atoms with Gasteiger partial charge in [0.2, 0.25) is 15.9 Å². The highest BCUT2D eigenvalue weighted by Crippen LogP contribution is 2.33. The van der Waals surface area contributed by atoms with Crippen LogP contribution in [-0.2, 0) is 26.0 Å². The predicted octanol–water partition coefficient (Wildman–Crippen LogP) is 1.42. The Morgan fingerprint density at radius 3 is 2.42 bits per heavy atom. The fourth-order valence-electron chi connectivity index (χ4n) is 3.98. The number of anilines is 1. The summed E-state index contributed by atoms with van der Waals surface area (Å²) in [5.41, 5.74) is 1.96. The first-order valence-electron chi connectivity index (χ1n) is 10.3. The van der Waals surface area contributed by atoms with Crippen molar-refractivity contribution in [2.24, 2.45) is 0 Å². The zero-order chi connectivity index (χ0) is 22.0. The van der Waals surface area contributed by atoms with Crippen LogP contribution in [0.5, 0.6) is 0 Å². The number of nitrogens with one attached hydrogen (secondary N) is 1. The van der Waals surface area contributed by atoms with Gasteiger partial charge < -0.3 is 10.1 Å². The van der Waals surface area contributed by atoms with Gasteiger partial charge in [-0.05, 0) is 42.8 Å². The summed E-state index contributed by atoms with van der Waals surface area (Å²) < 4.78 is 32.3. The molecule has 0 aromatic heterocycles. The molecule has 0 saturated carbocycles. The van der Waals surface area contributed by atoms with E-state index in [0.717, 1.165) is 5.56 Å². The summed E-state index contributed by atoms with van der Waals surface area (Å²) in [5.74, 6) is -0.546. The lowest BCUT2D eigenvalue weighted by atomic mass is 10.1. The van der Waals surface area contributed by atoms with Crippen molar-refractivity contribution < 1.29 is 22.7 Å². The van der Waals surface area contributed by atoms with Gasteiger partial charge in [-0.25, -0.2) is 8.42 Å². The molecule has 1 saturated heterocycles. The Bertz CT molecular complexity index is 1080. The Balaban J connectivity index is 1.61. The molecule has 0 radical (unpaired) electrons. The number of hydrogen-bond donors (Lipinski definition) is 1. The van der Waals surface area contributed by atoms with Gasteiger partial charge >= 0.3 is 0 Å². The van der Waals surface area contributed by atoms with E-state index in [1.54, 1.807) is 0 Å². The number of carbonyl (C=O) groups excluding carboxylic acids is 2. The van der Waals surface area contributed by atoms with E-state index < -0.39 is 16.1 Å². The van der Waals surface area contributed by atoms with Gasteiger partial charge in [0.05, 0.1) is 18.1 Å². The minimum absolute atomic E-state index is 0.132. The highest BCUT2D eigenvalue weighted by molar-refractivity contribution is 7.89. The van der Waals surface area contributed by atoms with Gasteiger partial charge in [-0.2, -0.15) is 4.31 Å². The highest BCUT2D eigenvalue weighted by atomic mass is 32.2. The number of ether oxygens (including phenoxy) is 1. The van der Waals surface area contributed by atoms with Gasteiger partial charge in [0, 0.05) is 37.3 Å². The molecule has 1 unspecified atom stereocenters. The van der Waals surface area contributed by atoms with E-state index in [4.69, 9.17) is 4.74 Å². The topological polar surface area (TPSA) is 96.0 Å². The molecule has 164 valence electrons. The Hall–Kier alpha value is -2.75. The minimum atomic E-state index is -3.64. The average molecular weight is 444 g/mol. The largest absolute Gasteiger partial charge is 0.379 e. The summed E-state index contributed by atoms with van der Waals surface area (Å²) in [6.07, 6.45) is 0.442. The molecule has 0 bridgehead atoms. The first-order valence-corrected chi connectivity index (χ1v) is 11.7. The zero-order valence-corrected chi connectivity index (χ0v) is 18.1. The van der Waals surface area contributed by atoms with Gasteiger partial charge in [-0.3, -0.25) is 14.5 Å². The second kappa shape index (κ2) is 8.78. The van der Waals surface area contributed by atoms with Crippen LogP contribution in [0.1, 0.15) is 22.8 Å². The second-order valence-electron chi connectivity index (χ2n) is 7.46. The lowest BCUT2D eigenvalue weighted by Crippen LogP contribution is -2.48. The maximum absolute atomic E-state index is 13.4. The maximum atomic E-state index is 13.4. The number of amides is 2. The summed E-state index contributed by atoms with van der Waals surface area (Å²) in [6.45, 7) is 3.65. The fourth-order valence-corrected chi connectivity index (χ4v) is 5.39. The molecule has 4 rings (SSSR count). The van der Waals surface area contributed by atoms with E-state index in [9.17, 15) is 18.0 Å². The molecule has 2 aliphatic rings. The Labute approximate surface area is 181 Å². The number of rotatable bonds is 5. The first-order chi connectivity index (χ1) is 14.9. The smallest absolute Gasteiger partial charge is 0.259 e. The SMILES string of the molecule is CCNC(=O)C1Cc2ccccc2N1C(=O)c1ccc(S(=O)(=O)N2CCOCC2)cc1. The van der Waals surface area contributed by atoms with Crippen molar-refractivity contribution in [2.45, 2.75) is 24.3 Å². The number of hydrogen-bond acceptors (Lipinski definition) is 5. The molecule has 2 heterocycles. The Kier molecular flexibility index (Phi) is 6.08. The van der Waals surface area contributed by atoms with E-state index in [1.165, 1.54) is 33.5 Å². The van der Waals surface area contributed by atoms with Crippen molar-refractivity contribution in [1.29, 1.82) is 0 Å². The molecule has 1 atom stereocenters. The third kappa shape index (κ3) is 4.08. The molecule has 0 spiro atoms. The predicted molar refractivity (Wildman–Crippen MR) is 115 cm³/mol. The second-order valence-corrected chi connectivity index (χ2v) is 9.40. The lowest BCUT2D eigenvalue weighted by molar-refractivity contribution is -0.122. The Morgan fingerprint density at radius 1 is 1.06 bits per heavy atom. The van der Waals surface area contributed by atoms with Crippen molar-refractivity contribution in [2.75, 3.05) is 37.7 Å². The molecule has 8 nitrogen and oxygen atoms in total. The monoisotopic (exact) mass is 443 g/mol. The van der Waals surface area contributed by atoms with Crippen LogP contribution in [0.3, 0.4) is 0 Å². The van der Waals surface area contributed by atoms with E-state index >= 15 is 0 Å². The van der Waals surface area contributed by atoms with Gasteiger partial charge in [0.15, 0.2) is 0 Å². The molecule has 0 aliphatic carbocycles. The maximum Gasteiger partial charge on any atom is 0.259 e. The summed E-state index contributed by atoms with van der Waals surface area (Å²) in [5, 5.41) is 2.80. The highest BCUT2D eigenvalue weighted by Gasteiger charge is 2.38. The Morgan fingerprint density at radius 2 is 1.74 bits per heavy atom. The minimum Gasteiger partial charge on any atom is -0.379 e. The molecule has 31 heavy (non-hydrogen) atoms. The summed E-state index contributed by atoms with van der Waals surface area (Å²) in [6, 6.07) is 12.7. The standard InChI is InChI=1S/C22H25N3O5S/c1-2-23-21(26)20-15-17-5-3-4-6-19(17)25(20)22(27)16-7-9-18(10-8-16)31(28,29)24-11-13-30-14-12-24/h3-10,20H,2,11-15H2,1H3,(H,23,26). The van der Waals surface area contributed by atoms with Crippen molar-refractivity contribution in [3.05, 3.63) is 59.7 Å². The number of nitrogens with zero attached hydrogens (tertiary/aromatic N) is 2. The molecule has 2 aliphatic heterocycles. The molecular weight excluding hydrogens is 418 g/mol. The van der Waals surface area contributed by atoms with Crippen molar-refractivity contribution >= 4 is 27.5 Å². The number of sulfonamides is 1. The van der Waals surface area contributed by atoms with Crippen LogP contribution in [-0.4, -0.2) is 63.4 Å². The molecule has 9 heteroatoms. The number of likely N-dealkylation sites (N-methyl/N-ethyl adjacent to an activating group) is 1. The van der Waals surface area contributed by atoms with E-state index in [-0.39, 0.29) is 16.7 Å². The normalized spacial score (nSPS) is 19.1. The van der Waals surface area contributed by atoms with Crippen LogP contribution in [0.2, 0.25) is 0 Å². The molecule has 2 aromatic carbocycles. The van der Waals surface area contributed by atoms with Crippen LogP contribution in [0.25, 0.3) is 0 Å². The van der Waals surface area contributed by atoms with Crippen LogP contribution in [0.4, 0.5) is 5.69 Å². The molecule has 1 fully saturated rings.